The predicted octanol–water partition coefficient (Wildman–Crippen LogP) is -1.83. The summed E-state index contributed by atoms with van der Waals surface area (Å²) in [6, 6.07) is 0. The van der Waals surface area contributed by atoms with E-state index in [0.717, 1.165) is 17.1 Å². The second kappa shape index (κ2) is 6.49. The molecule has 12 heteroatoms. The van der Waals surface area contributed by atoms with Crippen LogP contribution in [0.2, 0.25) is 0 Å². The Hall–Kier alpha value is -2.60. The van der Waals surface area contributed by atoms with Crippen molar-refractivity contribution in [1.82, 2.24) is 9.96 Å². The van der Waals surface area contributed by atoms with Gasteiger partial charge in [-0.25, -0.2) is 4.79 Å². The molecule has 1 N–H and O–H groups in total. The van der Waals surface area contributed by atoms with Crippen LogP contribution in [0.5, 0.6) is 0 Å². The van der Waals surface area contributed by atoms with Crippen LogP contribution in [0.3, 0.4) is 0 Å². The minimum absolute atomic E-state index is 0.00547. The Kier molecular flexibility index (Phi) is 4.80. The predicted molar refractivity (Wildman–Crippen MR) is 73.0 cm³/mol. The van der Waals surface area contributed by atoms with E-state index in [1.54, 1.807) is 0 Å². The fourth-order valence-electron chi connectivity index (χ4n) is 2.09. The standard InChI is InChI=1S/C12H12N2O9S/c15-8-3-4-9(16)13(8)5-1-2-11(18)23-14-10(17)6-7(12(14)19)24(20,21)22/h3-4,7H,1-2,5-6H2,(H,20,21,22)/t7-/m0/s1. The molecule has 1 atom stereocenters. The molecule has 24 heavy (non-hydrogen) atoms. The molecule has 4 amide bonds. The summed E-state index contributed by atoms with van der Waals surface area (Å²) < 4.78 is 30.7. The first-order valence-corrected chi connectivity index (χ1v) is 8.19. The second-order valence-electron chi connectivity index (χ2n) is 4.96. The van der Waals surface area contributed by atoms with Crippen molar-refractivity contribution in [2.45, 2.75) is 24.5 Å². The van der Waals surface area contributed by atoms with E-state index < -0.39 is 51.4 Å². The minimum atomic E-state index is -4.79. The third-order valence-corrected chi connectivity index (χ3v) is 4.37. The molecule has 0 bridgehead atoms. The molecule has 2 aliphatic rings. The first-order chi connectivity index (χ1) is 11.1. The largest absolute Gasteiger partial charge is 0.333 e. The molecular weight excluding hydrogens is 348 g/mol. The van der Waals surface area contributed by atoms with Crippen molar-refractivity contribution in [3.8, 4) is 0 Å². The number of carbonyl (C=O) groups is 5. The van der Waals surface area contributed by atoms with E-state index in [0.29, 0.717) is 0 Å². The highest BCUT2D eigenvalue weighted by Gasteiger charge is 2.48. The number of rotatable bonds is 6. The fourth-order valence-corrected chi connectivity index (χ4v) is 2.80. The van der Waals surface area contributed by atoms with Gasteiger partial charge in [0.05, 0.1) is 6.42 Å². The van der Waals surface area contributed by atoms with Gasteiger partial charge in [-0.1, -0.05) is 0 Å². The van der Waals surface area contributed by atoms with E-state index in [2.05, 4.69) is 4.84 Å². The van der Waals surface area contributed by atoms with Gasteiger partial charge in [-0.2, -0.15) is 8.42 Å². The zero-order valence-corrected chi connectivity index (χ0v) is 12.9. The van der Waals surface area contributed by atoms with Gasteiger partial charge < -0.3 is 4.84 Å². The molecule has 0 spiro atoms. The molecule has 2 aliphatic heterocycles. The van der Waals surface area contributed by atoms with Crippen LogP contribution in [-0.2, 0) is 38.9 Å². The molecule has 0 aromatic carbocycles. The Balaban J connectivity index is 1.84. The zero-order chi connectivity index (χ0) is 18.1. The monoisotopic (exact) mass is 360 g/mol. The minimum Gasteiger partial charge on any atom is -0.330 e. The highest BCUT2D eigenvalue weighted by atomic mass is 32.2. The molecule has 0 aromatic heterocycles. The van der Waals surface area contributed by atoms with Gasteiger partial charge in [0.2, 0.25) is 0 Å². The van der Waals surface area contributed by atoms with Crippen LogP contribution in [0.1, 0.15) is 19.3 Å². The van der Waals surface area contributed by atoms with Gasteiger partial charge in [0.25, 0.3) is 33.7 Å². The Morgan fingerprint density at radius 3 is 2.29 bits per heavy atom. The molecule has 1 saturated heterocycles. The summed E-state index contributed by atoms with van der Waals surface area (Å²) in [7, 11) is -4.79. The van der Waals surface area contributed by atoms with Crippen LogP contribution in [0, 0.1) is 0 Å². The summed E-state index contributed by atoms with van der Waals surface area (Å²) >= 11 is 0. The average Bonchev–Trinajstić information content (AvgIpc) is 2.94. The van der Waals surface area contributed by atoms with Crippen molar-refractivity contribution in [3.05, 3.63) is 12.2 Å². The van der Waals surface area contributed by atoms with Gasteiger partial charge in [-0.3, -0.25) is 28.6 Å². The molecule has 2 heterocycles. The van der Waals surface area contributed by atoms with Gasteiger partial charge in [-0.15, -0.1) is 5.06 Å². The highest BCUT2D eigenvalue weighted by molar-refractivity contribution is 7.87. The smallest absolute Gasteiger partial charge is 0.330 e. The summed E-state index contributed by atoms with van der Waals surface area (Å²) in [5.41, 5.74) is 0. The lowest BCUT2D eigenvalue weighted by molar-refractivity contribution is -0.197. The first kappa shape index (κ1) is 17.7. The average molecular weight is 360 g/mol. The van der Waals surface area contributed by atoms with Crippen molar-refractivity contribution in [3.63, 3.8) is 0 Å². The Bertz CT molecular complexity index is 736. The molecule has 1 fully saturated rings. The summed E-state index contributed by atoms with van der Waals surface area (Å²) in [6.45, 7) is -0.0602. The zero-order valence-electron chi connectivity index (χ0n) is 12.1. The van der Waals surface area contributed by atoms with Gasteiger partial charge in [0, 0.05) is 25.1 Å². The van der Waals surface area contributed by atoms with Gasteiger partial charge >= 0.3 is 5.97 Å². The van der Waals surface area contributed by atoms with E-state index in [1.807, 2.05) is 0 Å². The second-order valence-corrected chi connectivity index (χ2v) is 6.56. The van der Waals surface area contributed by atoms with Crippen LogP contribution in [0.25, 0.3) is 0 Å². The van der Waals surface area contributed by atoms with Crippen LogP contribution < -0.4 is 0 Å². The first-order valence-electron chi connectivity index (χ1n) is 6.68. The summed E-state index contributed by atoms with van der Waals surface area (Å²) in [4.78, 5) is 62.7. The number of hydrogen-bond donors (Lipinski definition) is 1. The molecule has 11 nitrogen and oxygen atoms in total. The molecule has 130 valence electrons. The van der Waals surface area contributed by atoms with Crippen LogP contribution in [0.4, 0.5) is 0 Å². The molecule has 2 rings (SSSR count). The molecular formula is C12H12N2O9S. The lowest BCUT2D eigenvalue weighted by Crippen LogP contribution is -2.37. The molecule has 0 radical (unpaired) electrons. The lowest BCUT2D eigenvalue weighted by atomic mass is 10.3. The van der Waals surface area contributed by atoms with Gasteiger partial charge in [0.1, 0.15) is 0 Å². The number of imide groups is 2. The van der Waals surface area contributed by atoms with E-state index in [9.17, 15) is 32.4 Å². The van der Waals surface area contributed by atoms with Crippen LogP contribution in [-0.4, -0.2) is 64.3 Å². The third kappa shape index (κ3) is 3.65. The summed E-state index contributed by atoms with van der Waals surface area (Å²) in [5.74, 6) is -4.50. The summed E-state index contributed by atoms with van der Waals surface area (Å²) in [5, 5.41) is -2.00. The van der Waals surface area contributed by atoms with Gasteiger partial charge in [-0.05, 0) is 6.42 Å². The SMILES string of the molecule is O=C(CCCN1C(=O)C=CC1=O)ON1C(=O)C[C@H](S(=O)(=O)O)C1=O. The maximum Gasteiger partial charge on any atom is 0.333 e. The van der Waals surface area contributed by atoms with Crippen LogP contribution in [0.15, 0.2) is 12.2 Å². The van der Waals surface area contributed by atoms with Crippen LogP contribution >= 0.6 is 0 Å². The van der Waals surface area contributed by atoms with Crippen molar-refractivity contribution in [2.24, 2.45) is 0 Å². The Morgan fingerprint density at radius 2 is 1.79 bits per heavy atom. The lowest BCUT2D eigenvalue weighted by Gasteiger charge is -2.15. The molecule has 0 aliphatic carbocycles. The summed E-state index contributed by atoms with van der Waals surface area (Å²) in [6.07, 6.45) is 1.03. The molecule has 0 saturated carbocycles. The number of amides is 4. The van der Waals surface area contributed by atoms with E-state index >= 15 is 0 Å². The van der Waals surface area contributed by atoms with Crippen molar-refractivity contribution in [2.75, 3.05) is 6.54 Å². The molecule has 0 unspecified atom stereocenters. The van der Waals surface area contributed by atoms with E-state index in [1.165, 1.54) is 0 Å². The van der Waals surface area contributed by atoms with Crippen molar-refractivity contribution >= 4 is 39.7 Å². The maximum absolute atomic E-state index is 11.6. The van der Waals surface area contributed by atoms with E-state index in [-0.39, 0.29) is 24.4 Å². The number of hydroxylamine groups is 2. The topological polar surface area (TPSA) is 155 Å². The number of nitrogens with zero attached hydrogens (tertiary/aromatic N) is 2. The van der Waals surface area contributed by atoms with E-state index in [4.69, 9.17) is 4.55 Å². The van der Waals surface area contributed by atoms with Crippen molar-refractivity contribution in [1.29, 1.82) is 0 Å². The third-order valence-electron chi connectivity index (χ3n) is 3.28. The van der Waals surface area contributed by atoms with Gasteiger partial charge in [0.15, 0.2) is 5.25 Å². The normalized spacial score (nSPS) is 21.1. The number of carbonyl (C=O) groups excluding carboxylic acids is 5. The Labute approximate surface area is 135 Å². The number of hydrogen-bond acceptors (Lipinski definition) is 8. The highest BCUT2D eigenvalue weighted by Crippen LogP contribution is 2.20. The quantitative estimate of drug-likeness (QED) is 0.425. The fraction of sp³-hybridized carbons (Fsp3) is 0.417. The molecule has 0 aromatic rings. The van der Waals surface area contributed by atoms with Crippen molar-refractivity contribution < 1.29 is 41.8 Å². The Morgan fingerprint density at radius 1 is 1.21 bits per heavy atom. The maximum atomic E-state index is 11.6.